The third-order valence-corrected chi connectivity index (χ3v) is 4.43. The fourth-order valence-corrected chi connectivity index (χ4v) is 3.22. The van der Waals surface area contributed by atoms with Crippen LogP contribution in [0.3, 0.4) is 0 Å². The Balaban J connectivity index is 1.72. The van der Waals surface area contributed by atoms with Crippen molar-refractivity contribution in [2.24, 2.45) is 0 Å². The van der Waals surface area contributed by atoms with Gasteiger partial charge >= 0.3 is 0 Å². The van der Waals surface area contributed by atoms with Gasteiger partial charge in [0.25, 0.3) is 5.91 Å². The smallest absolute Gasteiger partial charge is 0.257 e. The lowest BCUT2D eigenvalue weighted by Crippen LogP contribution is -2.41. The fourth-order valence-electron chi connectivity index (χ4n) is 2.64. The lowest BCUT2D eigenvalue weighted by atomic mass is 10.1. The Labute approximate surface area is 148 Å². The second-order valence-electron chi connectivity index (χ2n) is 5.83. The van der Waals surface area contributed by atoms with Crippen LogP contribution in [-0.4, -0.2) is 42.2 Å². The van der Waals surface area contributed by atoms with Gasteiger partial charge in [0.15, 0.2) is 17.6 Å². The van der Waals surface area contributed by atoms with E-state index >= 15 is 0 Å². The second-order valence-corrected chi connectivity index (χ2v) is 6.68. The van der Waals surface area contributed by atoms with Gasteiger partial charge in [0.1, 0.15) is 12.4 Å². The van der Waals surface area contributed by atoms with Crippen molar-refractivity contribution in [3.05, 3.63) is 52.0 Å². The number of phenolic OH excluding ortho intramolecular Hbond substituents is 1. The van der Waals surface area contributed by atoms with Gasteiger partial charge in [-0.25, -0.2) is 0 Å². The van der Waals surface area contributed by atoms with Crippen LogP contribution in [0, 0.1) is 6.92 Å². The highest BCUT2D eigenvalue weighted by Crippen LogP contribution is 2.32. The largest absolute Gasteiger partial charge is 0.506 e. The van der Waals surface area contributed by atoms with Gasteiger partial charge in [0.2, 0.25) is 0 Å². The molecule has 1 heterocycles. The normalized spacial score (nSPS) is 15.9. The summed E-state index contributed by atoms with van der Waals surface area (Å²) in [5.41, 5.74) is 1.16. The number of likely N-dealkylation sites (N-methyl/N-ethyl adjacent to an activating group) is 1. The van der Waals surface area contributed by atoms with Crippen LogP contribution in [0.15, 0.2) is 40.9 Å². The zero-order valence-electron chi connectivity index (χ0n) is 13.5. The summed E-state index contributed by atoms with van der Waals surface area (Å²) < 4.78 is 12.0. The van der Waals surface area contributed by atoms with Crippen LogP contribution in [0.2, 0.25) is 0 Å². The van der Waals surface area contributed by atoms with Crippen LogP contribution >= 0.6 is 15.9 Å². The number of phenols is 1. The van der Waals surface area contributed by atoms with Crippen molar-refractivity contribution in [2.75, 3.05) is 20.2 Å². The van der Waals surface area contributed by atoms with Gasteiger partial charge in [0.05, 0.1) is 16.6 Å². The number of para-hydroxylation sites is 2. The number of halogens is 1. The molecule has 5 nitrogen and oxygen atoms in total. The van der Waals surface area contributed by atoms with E-state index in [0.29, 0.717) is 29.1 Å². The van der Waals surface area contributed by atoms with Gasteiger partial charge in [0, 0.05) is 7.05 Å². The van der Waals surface area contributed by atoms with E-state index in [1.54, 1.807) is 19.2 Å². The first-order valence-electron chi connectivity index (χ1n) is 7.58. The Morgan fingerprint density at radius 3 is 2.79 bits per heavy atom. The van der Waals surface area contributed by atoms with E-state index in [0.717, 1.165) is 5.56 Å². The summed E-state index contributed by atoms with van der Waals surface area (Å²) >= 11 is 3.27. The molecule has 2 aromatic carbocycles. The Hall–Kier alpha value is -2.21. The molecule has 0 fully saturated rings. The molecule has 2 aromatic rings. The van der Waals surface area contributed by atoms with Crippen LogP contribution in [-0.2, 0) is 0 Å². The first-order chi connectivity index (χ1) is 11.5. The van der Waals surface area contributed by atoms with Crippen LogP contribution in [0.4, 0.5) is 0 Å². The summed E-state index contributed by atoms with van der Waals surface area (Å²) in [6, 6.07) is 10.9. The summed E-state index contributed by atoms with van der Waals surface area (Å²) in [4.78, 5) is 14.2. The first kappa shape index (κ1) is 16.6. The number of rotatable bonds is 3. The number of hydrogen-bond acceptors (Lipinski definition) is 4. The summed E-state index contributed by atoms with van der Waals surface area (Å²) in [6.07, 6.45) is -0.260. The molecule has 0 aromatic heterocycles. The molecule has 0 spiro atoms. The van der Waals surface area contributed by atoms with Crippen molar-refractivity contribution in [3.8, 4) is 17.2 Å². The van der Waals surface area contributed by atoms with Crippen molar-refractivity contribution < 1.29 is 19.4 Å². The van der Waals surface area contributed by atoms with Crippen molar-refractivity contribution in [1.29, 1.82) is 0 Å². The van der Waals surface area contributed by atoms with E-state index in [1.165, 1.54) is 4.90 Å². The molecule has 24 heavy (non-hydrogen) atoms. The van der Waals surface area contributed by atoms with E-state index in [4.69, 9.17) is 9.47 Å². The summed E-state index contributed by atoms with van der Waals surface area (Å²) in [7, 11) is 1.68. The lowest BCUT2D eigenvalue weighted by Gasteiger charge is -2.29. The molecule has 0 saturated heterocycles. The maximum absolute atomic E-state index is 12.6. The van der Waals surface area contributed by atoms with Gasteiger partial charge in [-0.05, 0) is 52.7 Å². The van der Waals surface area contributed by atoms with Gasteiger partial charge in [-0.15, -0.1) is 0 Å². The molecule has 1 N–H and O–H groups in total. The van der Waals surface area contributed by atoms with Gasteiger partial charge < -0.3 is 19.5 Å². The molecular formula is C18H18BrNO4. The highest BCUT2D eigenvalue weighted by Gasteiger charge is 2.25. The van der Waals surface area contributed by atoms with Crippen LogP contribution in [0.1, 0.15) is 15.9 Å². The highest BCUT2D eigenvalue weighted by molar-refractivity contribution is 9.10. The minimum atomic E-state index is -0.264. The van der Waals surface area contributed by atoms with Crippen LogP contribution in [0.5, 0.6) is 17.2 Å². The molecular weight excluding hydrogens is 374 g/mol. The van der Waals surface area contributed by atoms with E-state index in [1.807, 2.05) is 31.2 Å². The third-order valence-electron chi connectivity index (χ3n) is 3.83. The van der Waals surface area contributed by atoms with E-state index in [9.17, 15) is 9.90 Å². The summed E-state index contributed by atoms with van der Waals surface area (Å²) in [5, 5.41) is 10.1. The maximum Gasteiger partial charge on any atom is 0.257 e. The minimum Gasteiger partial charge on any atom is -0.506 e. The molecule has 126 valence electrons. The monoisotopic (exact) mass is 391 g/mol. The first-order valence-corrected chi connectivity index (χ1v) is 8.38. The van der Waals surface area contributed by atoms with Crippen molar-refractivity contribution in [2.45, 2.75) is 13.0 Å². The quantitative estimate of drug-likeness (QED) is 0.870. The van der Waals surface area contributed by atoms with E-state index in [-0.39, 0.29) is 23.3 Å². The second kappa shape index (κ2) is 6.73. The molecule has 0 aliphatic carbocycles. The number of carbonyl (C=O) groups is 1. The molecule has 1 atom stereocenters. The predicted molar refractivity (Wildman–Crippen MR) is 93.9 cm³/mol. The lowest BCUT2D eigenvalue weighted by molar-refractivity contribution is 0.0519. The van der Waals surface area contributed by atoms with E-state index < -0.39 is 0 Å². The molecule has 0 unspecified atom stereocenters. The molecule has 3 rings (SSSR count). The molecule has 0 saturated carbocycles. The molecule has 6 heteroatoms. The minimum absolute atomic E-state index is 0.0522. The summed E-state index contributed by atoms with van der Waals surface area (Å²) in [5.74, 6) is 1.07. The molecule has 1 aliphatic heterocycles. The predicted octanol–water partition coefficient (Wildman–Crippen LogP) is 3.38. The zero-order chi connectivity index (χ0) is 17.3. The van der Waals surface area contributed by atoms with Gasteiger partial charge in [-0.3, -0.25) is 4.79 Å². The Morgan fingerprint density at radius 1 is 1.33 bits per heavy atom. The van der Waals surface area contributed by atoms with Gasteiger partial charge in [-0.1, -0.05) is 12.1 Å². The van der Waals surface area contributed by atoms with Crippen molar-refractivity contribution in [1.82, 2.24) is 4.90 Å². The number of ether oxygens (including phenoxy) is 2. The number of aromatic hydroxyl groups is 1. The van der Waals surface area contributed by atoms with Crippen LogP contribution < -0.4 is 9.47 Å². The Morgan fingerprint density at radius 2 is 2.04 bits per heavy atom. The van der Waals surface area contributed by atoms with Crippen LogP contribution in [0.25, 0.3) is 0 Å². The molecule has 0 bridgehead atoms. The Bertz CT molecular complexity index is 778. The fraction of sp³-hybridized carbons (Fsp3) is 0.278. The van der Waals surface area contributed by atoms with E-state index in [2.05, 4.69) is 15.9 Å². The number of amides is 1. The summed E-state index contributed by atoms with van der Waals surface area (Å²) in [6.45, 7) is 2.60. The number of hydrogen-bond donors (Lipinski definition) is 1. The van der Waals surface area contributed by atoms with Crippen molar-refractivity contribution in [3.63, 3.8) is 0 Å². The number of nitrogens with zero attached hydrogens (tertiary/aromatic N) is 1. The highest BCUT2D eigenvalue weighted by atomic mass is 79.9. The molecule has 1 aliphatic rings. The number of fused-ring (bicyclic) bond motifs is 1. The number of aryl methyl sites for hydroxylation is 1. The number of benzene rings is 2. The molecule has 1 amide bonds. The van der Waals surface area contributed by atoms with Crippen molar-refractivity contribution >= 4 is 21.8 Å². The third kappa shape index (κ3) is 3.33. The average Bonchev–Trinajstić information content (AvgIpc) is 2.57. The molecule has 0 radical (unpaired) electrons. The Kier molecular flexibility index (Phi) is 4.66. The van der Waals surface area contributed by atoms with Gasteiger partial charge in [-0.2, -0.15) is 0 Å². The topological polar surface area (TPSA) is 59.0 Å². The zero-order valence-corrected chi connectivity index (χ0v) is 15.0. The standard InChI is InChI=1S/C18H18BrNO4/c1-11-7-13(17(21)14(19)8-11)18(22)20(2)9-12-10-23-15-5-3-4-6-16(15)24-12/h3-8,12,21H,9-10H2,1-2H3/t12-/m1/s1. The SMILES string of the molecule is Cc1cc(Br)c(O)c(C(=O)N(C)C[C@@H]2COc3ccccc3O2)c1. The average molecular weight is 392 g/mol. The number of carbonyl (C=O) groups excluding carboxylic acids is 1. The maximum atomic E-state index is 12.6.